The smallest absolute Gasteiger partial charge is 0.281 e. The molecule has 0 radical (unpaired) electrons. The van der Waals surface area contributed by atoms with Crippen molar-refractivity contribution in [3.8, 4) is 0 Å². The first-order valence-corrected chi connectivity index (χ1v) is 11.1. The van der Waals surface area contributed by atoms with E-state index in [9.17, 15) is 9.59 Å². The number of halogens is 1. The molecular weight excluding hydrogens is 432 g/mol. The van der Waals surface area contributed by atoms with E-state index < -0.39 is 5.91 Å². The molecule has 0 saturated carbocycles. The lowest BCUT2D eigenvalue weighted by molar-refractivity contribution is 0.0948. The van der Waals surface area contributed by atoms with Gasteiger partial charge in [0.05, 0.1) is 17.1 Å². The van der Waals surface area contributed by atoms with E-state index in [1.165, 1.54) is 11.3 Å². The summed E-state index contributed by atoms with van der Waals surface area (Å²) >= 11 is 7.53. The van der Waals surface area contributed by atoms with Gasteiger partial charge in [-0.3, -0.25) is 9.59 Å². The number of nitrogens with zero attached hydrogens (tertiary/aromatic N) is 3. The van der Waals surface area contributed by atoms with Crippen molar-refractivity contribution in [2.75, 3.05) is 27.2 Å². The van der Waals surface area contributed by atoms with E-state index >= 15 is 0 Å². The van der Waals surface area contributed by atoms with E-state index in [1.54, 1.807) is 24.3 Å². The molecule has 2 amide bonds. The fraction of sp³-hybridized carbons (Fsp3) is 0.261. The third-order valence-corrected chi connectivity index (χ3v) is 6.04. The normalized spacial score (nSPS) is 11.7. The van der Waals surface area contributed by atoms with Crippen molar-refractivity contribution < 1.29 is 9.59 Å². The number of aryl methyl sites for hydroxylation is 1. The predicted octanol–water partition coefficient (Wildman–Crippen LogP) is 3.59. The summed E-state index contributed by atoms with van der Waals surface area (Å²) in [5.41, 5.74) is 2.79. The van der Waals surface area contributed by atoms with Crippen molar-refractivity contribution in [3.05, 3.63) is 86.1 Å². The quantitative estimate of drug-likeness (QED) is 0.590. The van der Waals surface area contributed by atoms with Gasteiger partial charge in [0.25, 0.3) is 11.8 Å². The molecule has 1 heterocycles. The summed E-state index contributed by atoms with van der Waals surface area (Å²) in [6.45, 7) is 3.72. The monoisotopic (exact) mass is 456 g/mol. The van der Waals surface area contributed by atoms with E-state index in [0.717, 1.165) is 17.8 Å². The third-order valence-electron chi connectivity index (χ3n) is 4.73. The van der Waals surface area contributed by atoms with Crippen LogP contribution in [0.5, 0.6) is 0 Å². The molecule has 0 aliphatic carbocycles. The van der Waals surface area contributed by atoms with Crippen LogP contribution in [0.2, 0.25) is 5.02 Å². The number of carbonyl (C=O) groups is 2. The van der Waals surface area contributed by atoms with E-state index in [0.29, 0.717) is 34.0 Å². The second-order valence-electron chi connectivity index (χ2n) is 7.36. The summed E-state index contributed by atoms with van der Waals surface area (Å²) in [5, 5.41) is 5.27. The Balaban J connectivity index is 1.88. The molecule has 6 nitrogen and oxygen atoms in total. The standard InChI is InChI=1S/C23H25ClN4O2S/c1-16-15-31-23(26-22(30)19-10-6-7-11-20(19)24)28(16)14-17-8-4-5-9-18(17)21(29)25-12-13-27(2)3/h4-11,15H,12-14H2,1-3H3,(H,25,29). The van der Waals surface area contributed by atoms with Gasteiger partial charge in [0.2, 0.25) is 0 Å². The van der Waals surface area contributed by atoms with Gasteiger partial charge in [-0.1, -0.05) is 41.9 Å². The molecule has 1 N–H and O–H groups in total. The Labute approximate surface area is 190 Å². The summed E-state index contributed by atoms with van der Waals surface area (Å²) in [6.07, 6.45) is 0. The maximum Gasteiger partial charge on any atom is 0.281 e. The maximum atomic E-state index is 12.7. The zero-order valence-electron chi connectivity index (χ0n) is 17.8. The van der Waals surface area contributed by atoms with Gasteiger partial charge in [-0.2, -0.15) is 4.99 Å². The number of hydrogen-bond donors (Lipinski definition) is 1. The predicted molar refractivity (Wildman–Crippen MR) is 125 cm³/mol. The summed E-state index contributed by atoms with van der Waals surface area (Å²) < 4.78 is 1.94. The molecule has 0 spiro atoms. The molecule has 31 heavy (non-hydrogen) atoms. The minimum absolute atomic E-state index is 0.114. The Kier molecular flexibility index (Phi) is 7.79. The molecule has 0 unspecified atom stereocenters. The van der Waals surface area contributed by atoms with Gasteiger partial charge in [-0.25, -0.2) is 0 Å². The van der Waals surface area contributed by atoms with E-state index in [1.807, 2.05) is 60.1 Å². The van der Waals surface area contributed by atoms with E-state index in [2.05, 4.69) is 10.3 Å². The second kappa shape index (κ2) is 10.5. The lowest BCUT2D eigenvalue weighted by Crippen LogP contribution is -2.32. The van der Waals surface area contributed by atoms with Gasteiger partial charge in [0, 0.05) is 29.7 Å². The average Bonchev–Trinajstić information content (AvgIpc) is 3.07. The summed E-state index contributed by atoms with van der Waals surface area (Å²) in [7, 11) is 3.93. The van der Waals surface area contributed by atoms with Crippen LogP contribution in [0.3, 0.4) is 0 Å². The van der Waals surface area contributed by atoms with Gasteiger partial charge < -0.3 is 14.8 Å². The molecule has 3 rings (SSSR count). The fourth-order valence-corrected chi connectivity index (χ4v) is 4.11. The van der Waals surface area contributed by atoms with Gasteiger partial charge in [-0.15, -0.1) is 11.3 Å². The van der Waals surface area contributed by atoms with Crippen molar-refractivity contribution in [1.82, 2.24) is 14.8 Å². The molecule has 0 bridgehead atoms. The largest absolute Gasteiger partial charge is 0.351 e. The van der Waals surface area contributed by atoms with Gasteiger partial charge in [0.1, 0.15) is 0 Å². The molecule has 0 saturated heterocycles. The van der Waals surface area contributed by atoms with Crippen molar-refractivity contribution in [2.45, 2.75) is 13.5 Å². The zero-order chi connectivity index (χ0) is 22.4. The Hall–Kier alpha value is -2.74. The van der Waals surface area contributed by atoms with E-state index in [-0.39, 0.29) is 5.91 Å². The molecule has 0 aliphatic rings. The number of carbonyl (C=O) groups excluding carboxylic acids is 2. The van der Waals surface area contributed by atoms with Crippen LogP contribution in [0.25, 0.3) is 0 Å². The van der Waals surface area contributed by atoms with Crippen LogP contribution in [0, 0.1) is 6.92 Å². The summed E-state index contributed by atoms with van der Waals surface area (Å²) in [5.74, 6) is -0.507. The molecular formula is C23H25ClN4O2S. The van der Waals surface area contributed by atoms with Crippen LogP contribution in [-0.4, -0.2) is 48.5 Å². The Morgan fingerprint density at radius 3 is 2.48 bits per heavy atom. The average molecular weight is 457 g/mol. The number of hydrogen-bond acceptors (Lipinski definition) is 4. The van der Waals surface area contributed by atoms with Crippen LogP contribution < -0.4 is 10.1 Å². The lowest BCUT2D eigenvalue weighted by Gasteiger charge is -2.13. The van der Waals surface area contributed by atoms with Crippen LogP contribution in [-0.2, 0) is 6.54 Å². The van der Waals surface area contributed by atoms with Crippen LogP contribution >= 0.6 is 22.9 Å². The summed E-state index contributed by atoms with van der Waals surface area (Å²) in [4.78, 5) is 32.3. The third kappa shape index (κ3) is 5.91. The van der Waals surface area contributed by atoms with E-state index in [4.69, 9.17) is 11.6 Å². The topological polar surface area (TPSA) is 66.7 Å². The molecule has 2 aromatic carbocycles. The van der Waals surface area contributed by atoms with Gasteiger partial charge in [0.15, 0.2) is 4.80 Å². The van der Waals surface area contributed by atoms with Crippen LogP contribution in [0.15, 0.2) is 58.9 Å². The number of amides is 2. The van der Waals surface area contributed by atoms with Crippen LogP contribution in [0.1, 0.15) is 32.0 Å². The first kappa shape index (κ1) is 22.9. The highest BCUT2D eigenvalue weighted by atomic mass is 35.5. The second-order valence-corrected chi connectivity index (χ2v) is 8.60. The summed E-state index contributed by atoms with van der Waals surface area (Å²) in [6, 6.07) is 14.3. The molecule has 3 aromatic rings. The molecule has 0 aliphatic heterocycles. The number of aromatic nitrogens is 1. The van der Waals surface area contributed by atoms with Crippen molar-refractivity contribution in [1.29, 1.82) is 0 Å². The van der Waals surface area contributed by atoms with Gasteiger partial charge in [-0.05, 0) is 44.8 Å². The minimum atomic E-state index is -0.393. The highest BCUT2D eigenvalue weighted by molar-refractivity contribution is 7.07. The highest BCUT2D eigenvalue weighted by Gasteiger charge is 2.14. The highest BCUT2D eigenvalue weighted by Crippen LogP contribution is 2.16. The molecule has 162 valence electrons. The fourth-order valence-electron chi connectivity index (χ4n) is 3.02. The minimum Gasteiger partial charge on any atom is -0.351 e. The maximum absolute atomic E-state index is 12.7. The number of likely N-dealkylation sites (N-methyl/N-ethyl adjacent to an activating group) is 1. The van der Waals surface area contributed by atoms with Gasteiger partial charge >= 0.3 is 0 Å². The molecule has 0 atom stereocenters. The Morgan fingerprint density at radius 2 is 1.77 bits per heavy atom. The SMILES string of the molecule is Cc1csc(=NC(=O)c2ccccc2Cl)n1Cc1ccccc1C(=O)NCCN(C)C. The van der Waals surface area contributed by atoms with Crippen LogP contribution in [0.4, 0.5) is 0 Å². The van der Waals surface area contributed by atoms with Crippen molar-refractivity contribution >= 4 is 34.8 Å². The first-order valence-electron chi connectivity index (χ1n) is 9.86. The zero-order valence-corrected chi connectivity index (χ0v) is 19.3. The molecule has 1 aromatic heterocycles. The lowest BCUT2D eigenvalue weighted by atomic mass is 10.1. The molecule has 0 fully saturated rings. The first-order chi connectivity index (χ1) is 14.9. The Bertz CT molecular complexity index is 1150. The van der Waals surface area contributed by atoms with Crippen molar-refractivity contribution in [3.63, 3.8) is 0 Å². The molecule has 8 heteroatoms. The number of thiazole rings is 1. The number of benzene rings is 2. The number of rotatable bonds is 7. The van der Waals surface area contributed by atoms with Crippen molar-refractivity contribution in [2.24, 2.45) is 4.99 Å². The Morgan fingerprint density at radius 1 is 1.10 bits per heavy atom. The number of nitrogens with one attached hydrogen (secondary N) is 1.